The summed E-state index contributed by atoms with van der Waals surface area (Å²) >= 11 is 0. The van der Waals surface area contributed by atoms with E-state index >= 15 is 0 Å². The summed E-state index contributed by atoms with van der Waals surface area (Å²) in [5.41, 5.74) is 8.10. The molecule has 1 saturated heterocycles. The van der Waals surface area contributed by atoms with E-state index in [1.54, 1.807) is 23.1 Å². The van der Waals surface area contributed by atoms with E-state index in [0.717, 1.165) is 19.6 Å². The van der Waals surface area contributed by atoms with E-state index in [4.69, 9.17) is 5.73 Å². The smallest absolute Gasteiger partial charge is 0.312 e. The van der Waals surface area contributed by atoms with Crippen molar-refractivity contribution in [1.82, 2.24) is 15.1 Å². The Balaban J connectivity index is 1.55. The van der Waals surface area contributed by atoms with Gasteiger partial charge in [-0.2, -0.15) is 0 Å². The predicted octanol–water partition coefficient (Wildman–Crippen LogP) is 3.39. The molecule has 3 N–H and O–H groups in total. The Morgan fingerprint density at radius 2 is 1.68 bits per heavy atom. The molecule has 0 spiro atoms. The fourth-order valence-corrected chi connectivity index (χ4v) is 3.89. The molecule has 0 aliphatic carbocycles. The van der Waals surface area contributed by atoms with Gasteiger partial charge in [0.1, 0.15) is 5.82 Å². The summed E-state index contributed by atoms with van der Waals surface area (Å²) in [6.45, 7) is 7.95. The minimum absolute atomic E-state index is 0.0272. The van der Waals surface area contributed by atoms with E-state index in [1.807, 2.05) is 0 Å². The SMILES string of the molecule is CC(C)c1ccc(CN2CCN(C(=O)CC(NC(N)=O)c3ccccc3F)CC2)cc1. The fraction of sp³-hybridized carbons (Fsp3) is 0.417. The van der Waals surface area contributed by atoms with Crippen molar-refractivity contribution in [2.75, 3.05) is 26.2 Å². The molecule has 1 unspecified atom stereocenters. The molecule has 2 aromatic rings. The van der Waals surface area contributed by atoms with Gasteiger partial charge in [0, 0.05) is 38.3 Å². The first-order chi connectivity index (χ1) is 14.8. The van der Waals surface area contributed by atoms with E-state index in [-0.39, 0.29) is 17.9 Å². The molecule has 3 amide bonds. The van der Waals surface area contributed by atoms with Crippen molar-refractivity contribution in [2.24, 2.45) is 5.73 Å². The van der Waals surface area contributed by atoms with E-state index in [2.05, 4.69) is 48.3 Å². The maximum atomic E-state index is 14.2. The van der Waals surface area contributed by atoms with Gasteiger partial charge in [-0.25, -0.2) is 9.18 Å². The second-order valence-electron chi connectivity index (χ2n) is 8.34. The Morgan fingerprint density at radius 1 is 1.03 bits per heavy atom. The van der Waals surface area contributed by atoms with E-state index in [1.165, 1.54) is 17.2 Å². The highest BCUT2D eigenvalue weighted by molar-refractivity contribution is 5.79. The molecule has 2 aromatic carbocycles. The number of nitrogens with zero attached hydrogens (tertiary/aromatic N) is 2. The van der Waals surface area contributed by atoms with Gasteiger partial charge in [-0.15, -0.1) is 0 Å². The first-order valence-electron chi connectivity index (χ1n) is 10.7. The Morgan fingerprint density at radius 3 is 2.26 bits per heavy atom. The molecule has 1 atom stereocenters. The third kappa shape index (κ3) is 6.28. The Hall–Kier alpha value is -2.93. The van der Waals surface area contributed by atoms with Crippen LogP contribution in [0.15, 0.2) is 48.5 Å². The van der Waals surface area contributed by atoms with Crippen molar-refractivity contribution >= 4 is 11.9 Å². The van der Waals surface area contributed by atoms with Crippen LogP contribution < -0.4 is 11.1 Å². The van der Waals surface area contributed by atoms with Crippen molar-refractivity contribution in [2.45, 2.75) is 38.8 Å². The summed E-state index contributed by atoms with van der Waals surface area (Å²) in [4.78, 5) is 28.3. The van der Waals surface area contributed by atoms with Crippen LogP contribution in [0.1, 0.15) is 48.9 Å². The second kappa shape index (κ2) is 10.4. The molecule has 0 radical (unpaired) electrons. The van der Waals surface area contributed by atoms with Crippen molar-refractivity contribution in [3.05, 3.63) is 71.0 Å². The number of carbonyl (C=O) groups is 2. The highest BCUT2D eigenvalue weighted by atomic mass is 19.1. The maximum absolute atomic E-state index is 14.2. The number of nitrogens with two attached hydrogens (primary N) is 1. The van der Waals surface area contributed by atoms with Crippen LogP contribution in [0.2, 0.25) is 0 Å². The van der Waals surface area contributed by atoms with Gasteiger partial charge in [-0.3, -0.25) is 9.69 Å². The number of hydrogen-bond donors (Lipinski definition) is 2. The van der Waals surface area contributed by atoms with Gasteiger partial charge in [0.15, 0.2) is 0 Å². The topological polar surface area (TPSA) is 78.7 Å². The molecule has 1 heterocycles. The molecule has 0 bridgehead atoms. The number of benzene rings is 2. The van der Waals surface area contributed by atoms with E-state index in [9.17, 15) is 14.0 Å². The van der Waals surface area contributed by atoms with Gasteiger partial charge in [0.05, 0.1) is 12.5 Å². The van der Waals surface area contributed by atoms with E-state index < -0.39 is 17.9 Å². The monoisotopic (exact) mass is 426 g/mol. The van der Waals surface area contributed by atoms with Gasteiger partial charge in [-0.1, -0.05) is 56.3 Å². The van der Waals surface area contributed by atoms with Crippen LogP contribution >= 0.6 is 0 Å². The van der Waals surface area contributed by atoms with Crippen LogP contribution in [0.25, 0.3) is 0 Å². The molecule has 1 aliphatic rings. The van der Waals surface area contributed by atoms with Gasteiger partial charge in [-0.05, 0) is 23.1 Å². The molecule has 0 aromatic heterocycles. The number of rotatable bonds is 7. The Kier molecular flexibility index (Phi) is 7.63. The molecule has 166 valence electrons. The zero-order valence-corrected chi connectivity index (χ0v) is 18.2. The summed E-state index contributed by atoms with van der Waals surface area (Å²) in [5, 5.41) is 2.50. The van der Waals surface area contributed by atoms with Crippen LogP contribution in [0.5, 0.6) is 0 Å². The van der Waals surface area contributed by atoms with Crippen molar-refractivity contribution in [3.8, 4) is 0 Å². The molecular weight excluding hydrogens is 395 g/mol. The third-order valence-corrected chi connectivity index (χ3v) is 5.75. The number of piperazine rings is 1. The molecule has 1 fully saturated rings. The predicted molar refractivity (Wildman–Crippen MR) is 119 cm³/mol. The zero-order chi connectivity index (χ0) is 22.4. The highest BCUT2D eigenvalue weighted by Gasteiger charge is 2.26. The normalized spacial score (nSPS) is 15.7. The van der Waals surface area contributed by atoms with Crippen LogP contribution in [0.4, 0.5) is 9.18 Å². The summed E-state index contributed by atoms with van der Waals surface area (Å²) in [6, 6.07) is 13.2. The first-order valence-corrected chi connectivity index (χ1v) is 10.7. The average molecular weight is 427 g/mol. The quantitative estimate of drug-likeness (QED) is 0.712. The number of nitrogens with one attached hydrogen (secondary N) is 1. The van der Waals surface area contributed by atoms with Gasteiger partial charge in [0.25, 0.3) is 0 Å². The first kappa shape index (κ1) is 22.7. The molecule has 1 aliphatic heterocycles. The van der Waals surface area contributed by atoms with Crippen LogP contribution in [-0.4, -0.2) is 47.9 Å². The standard InChI is InChI=1S/C24H31FN4O2/c1-17(2)19-9-7-18(8-10-19)16-28-11-13-29(14-12-28)23(30)15-22(27-24(26)31)20-5-3-4-6-21(20)25/h3-10,17,22H,11-16H2,1-2H3,(H3,26,27,31). The molecule has 3 rings (SSSR count). The Labute approximate surface area is 183 Å². The summed E-state index contributed by atoms with van der Waals surface area (Å²) in [6.07, 6.45) is -0.0272. The minimum Gasteiger partial charge on any atom is -0.352 e. The van der Waals surface area contributed by atoms with Gasteiger partial charge >= 0.3 is 6.03 Å². The molecule has 0 saturated carbocycles. The number of urea groups is 1. The summed E-state index contributed by atoms with van der Waals surface area (Å²) < 4.78 is 14.2. The molecule has 31 heavy (non-hydrogen) atoms. The third-order valence-electron chi connectivity index (χ3n) is 5.75. The van der Waals surface area contributed by atoms with Crippen molar-refractivity contribution < 1.29 is 14.0 Å². The van der Waals surface area contributed by atoms with Gasteiger partial charge in [0.2, 0.25) is 5.91 Å². The summed E-state index contributed by atoms with van der Waals surface area (Å²) in [5.74, 6) is -0.0776. The lowest BCUT2D eigenvalue weighted by molar-refractivity contribution is -0.133. The van der Waals surface area contributed by atoms with Crippen LogP contribution in [0, 0.1) is 5.82 Å². The van der Waals surface area contributed by atoms with Crippen LogP contribution in [0.3, 0.4) is 0 Å². The van der Waals surface area contributed by atoms with Crippen molar-refractivity contribution in [3.63, 3.8) is 0 Å². The minimum atomic E-state index is -0.788. The second-order valence-corrected chi connectivity index (χ2v) is 8.34. The van der Waals surface area contributed by atoms with Crippen molar-refractivity contribution in [1.29, 1.82) is 0 Å². The number of hydrogen-bond acceptors (Lipinski definition) is 3. The summed E-state index contributed by atoms with van der Waals surface area (Å²) in [7, 11) is 0. The lowest BCUT2D eigenvalue weighted by atomic mass is 10.0. The van der Waals surface area contributed by atoms with Gasteiger partial charge < -0.3 is 16.0 Å². The average Bonchev–Trinajstić information content (AvgIpc) is 2.74. The lowest BCUT2D eigenvalue weighted by Crippen LogP contribution is -2.49. The zero-order valence-electron chi connectivity index (χ0n) is 18.2. The number of carbonyl (C=O) groups excluding carboxylic acids is 2. The molecular formula is C24H31FN4O2. The highest BCUT2D eigenvalue weighted by Crippen LogP contribution is 2.22. The maximum Gasteiger partial charge on any atom is 0.312 e. The lowest BCUT2D eigenvalue weighted by Gasteiger charge is -2.35. The Bertz CT molecular complexity index is 893. The molecule has 6 nitrogen and oxygen atoms in total. The van der Waals surface area contributed by atoms with Crippen LogP contribution in [-0.2, 0) is 11.3 Å². The number of primary amides is 1. The molecule has 7 heteroatoms. The van der Waals surface area contributed by atoms with E-state index in [0.29, 0.717) is 19.0 Å². The number of amides is 3. The largest absolute Gasteiger partial charge is 0.352 e. The number of halogens is 1. The fourth-order valence-electron chi connectivity index (χ4n) is 3.89.